The fourth-order valence-corrected chi connectivity index (χ4v) is 2.58. The topological polar surface area (TPSA) is 120 Å². The van der Waals surface area contributed by atoms with Crippen LogP contribution in [0.4, 0.5) is 17.3 Å². The summed E-state index contributed by atoms with van der Waals surface area (Å²) in [5, 5.41) is 8.20. The van der Waals surface area contributed by atoms with Crippen molar-refractivity contribution in [2.24, 2.45) is 10.2 Å². The molecular formula is C15H21N5O4S. The van der Waals surface area contributed by atoms with E-state index in [1.54, 1.807) is 12.4 Å². The summed E-state index contributed by atoms with van der Waals surface area (Å²) in [5.74, 6) is 0.442. The number of nitrogens with one attached hydrogen (secondary N) is 1. The fourth-order valence-electron chi connectivity index (χ4n) is 2.25. The van der Waals surface area contributed by atoms with Gasteiger partial charge in [0.1, 0.15) is 0 Å². The number of aromatic amines is 1. The third-order valence-electron chi connectivity index (χ3n) is 3.47. The summed E-state index contributed by atoms with van der Waals surface area (Å²) in [6.07, 6.45) is 3.75. The quantitative estimate of drug-likeness (QED) is 0.399. The standard InChI is InChI=1S/C15H21N5O4S/c1-3-20(9-4-10-24-25(21,22)23)13-5-6-14(12(2)11-13)18-19-15-16-7-8-17-15/h5-8,11H,3-4,9-10H2,1-2H3,(H,16,17)(H,21,22,23)/b19-18+. The molecule has 10 heteroatoms. The Labute approximate surface area is 146 Å². The van der Waals surface area contributed by atoms with Crippen molar-refractivity contribution in [3.05, 3.63) is 36.2 Å². The van der Waals surface area contributed by atoms with Gasteiger partial charge in [-0.05, 0) is 44.0 Å². The SMILES string of the molecule is CCN(CCCOS(=O)(=O)O)c1ccc(/N=N/c2ncc[nH]2)c(C)c1. The number of rotatable bonds is 9. The van der Waals surface area contributed by atoms with E-state index < -0.39 is 10.4 Å². The van der Waals surface area contributed by atoms with E-state index in [2.05, 4.69) is 29.3 Å². The molecule has 0 amide bonds. The molecule has 1 aromatic heterocycles. The zero-order chi connectivity index (χ0) is 18.3. The molecule has 9 nitrogen and oxygen atoms in total. The van der Waals surface area contributed by atoms with E-state index in [0.29, 0.717) is 18.9 Å². The average molecular weight is 367 g/mol. The number of azo groups is 1. The minimum absolute atomic E-state index is 0.0657. The first-order chi connectivity index (χ1) is 11.9. The Balaban J connectivity index is 1.99. The molecule has 1 heterocycles. The van der Waals surface area contributed by atoms with Gasteiger partial charge in [-0.3, -0.25) is 4.55 Å². The Kier molecular flexibility index (Phi) is 6.62. The maximum atomic E-state index is 10.5. The number of nitrogens with zero attached hydrogens (tertiary/aromatic N) is 4. The van der Waals surface area contributed by atoms with E-state index in [-0.39, 0.29) is 6.61 Å². The van der Waals surface area contributed by atoms with Crippen molar-refractivity contribution in [3.8, 4) is 0 Å². The number of imidazole rings is 1. The summed E-state index contributed by atoms with van der Waals surface area (Å²) in [5.41, 5.74) is 2.69. The second-order valence-electron chi connectivity index (χ2n) is 5.27. The van der Waals surface area contributed by atoms with Crippen LogP contribution in [0.1, 0.15) is 18.9 Å². The lowest BCUT2D eigenvalue weighted by molar-refractivity contribution is 0.266. The molecule has 2 rings (SSSR count). The van der Waals surface area contributed by atoms with Crippen LogP contribution in [-0.2, 0) is 14.6 Å². The van der Waals surface area contributed by atoms with Crippen LogP contribution in [0.25, 0.3) is 0 Å². The molecule has 0 aliphatic heterocycles. The molecule has 0 unspecified atom stereocenters. The molecule has 0 bridgehead atoms. The molecular weight excluding hydrogens is 346 g/mol. The number of H-pyrrole nitrogens is 1. The number of hydrogen-bond donors (Lipinski definition) is 2. The fraction of sp³-hybridized carbons (Fsp3) is 0.400. The number of aromatic nitrogens is 2. The van der Waals surface area contributed by atoms with Crippen LogP contribution in [0, 0.1) is 6.92 Å². The van der Waals surface area contributed by atoms with Gasteiger partial charge in [0.25, 0.3) is 0 Å². The largest absolute Gasteiger partial charge is 0.397 e. The second kappa shape index (κ2) is 8.70. The first kappa shape index (κ1) is 19.0. The summed E-state index contributed by atoms with van der Waals surface area (Å²) in [6, 6.07) is 5.79. The lowest BCUT2D eigenvalue weighted by Crippen LogP contribution is -2.25. The summed E-state index contributed by atoms with van der Waals surface area (Å²) in [4.78, 5) is 8.91. The molecule has 0 saturated heterocycles. The highest BCUT2D eigenvalue weighted by atomic mass is 32.3. The Bertz CT molecular complexity index is 805. The molecule has 0 aliphatic carbocycles. The molecule has 0 aliphatic rings. The molecule has 0 spiro atoms. The van der Waals surface area contributed by atoms with Gasteiger partial charge in [-0.1, -0.05) is 0 Å². The van der Waals surface area contributed by atoms with Crippen molar-refractivity contribution in [2.45, 2.75) is 20.3 Å². The van der Waals surface area contributed by atoms with Crippen LogP contribution < -0.4 is 4.90 Å². The first-order valence-corrected chi connectivity index (χ1v) is 9.14. The van der Waals surface area contributed by atoms with Gasteiger partial charge in [-0.15, -0.1) is 10.2 Å². The van der Waals surface area contributed by atoms with Gasteiger partial charge >= 0.3 is 10.4 Å². The van der Waals surface area contributed by atoms with E-state index >= 15 is 0 Å². The number of hydrogen-bond acceptors (Lipinski definition) is 7. The molecule has 0 saturated carbocycles. The normalized spacial score (nSPS) is 12.0. The highest BCUT2D eigenvalue weighted by Gasteiger charge is 2.08. The predicted molar refractivity (Wildman–Crippen MR) is 93.9 cm³/mol. The summed E-state index contributed by atoms with van der Waals surface area (Å²) in [6.45, 7) is 5.22. The molecule has 0 fully saturated rings. The lowest BCUT2D eigenvalue weighted by atomic mass is 10.1. The van der Waals surface area contributed by atoms with E-state index in [1.165, 1.54) is 0 Å². The molecule has 136 valence electrons. The zero-order valence-electron chi connectivity index (χ0n) is 14.1. The molecule has 0 radical (unpaired) electrons. The van der Waals surface area contributed by atoms with Crippen LogP contribution in [0.3, 0.4) is 0 Å². The average Bonchev–Trinajstić information content (AvgIpc) is 3.06. The minimum Gasteiger partial charge on any atom is -0.372 e. The van der Waals surface area contributed by atoms with Crippen LogP contribution >= 0.6 is 0 Å². The minimum atomic E-state index is -4.38. The first-order valence-electron chi connectivity index (χ1n) is 7.77. The Morgan fingerprint density at radius 2 is 2.16 bits per heavy atom. The van der Waals surface area contributed by atoms with Crippen LogP contribution in [0.2, 0.25) is 0 Å². The number of benzene rings is 1. The monoisotopic (exact) mass is 367 g/mol. The van der Waals surface area contributed by atoms with Crippen molar-refractivity contribution >= 4 is 27.7 Å². The van der Waals surface area contributed by atoms with Gasteiger partial charge in [-0.25, -0.2) is 9.17 Å². The molecule has 2 N–H and O–H groups in total. The van der Waals surface area contributed by atoms with Crippen molar-refractivity contribution in [1.29, 1.82) is 0 Å². The van der Waals surface area contributed by atoms with Crippen LogP contribution in [-0.4, -0.2) is 42.6 Å². The van der Waals surface area contributed by atoms with Gasteiger partial charge < -0.3 is 9.88 Å². The Hall–Kier alpha value is -2.30. The maximum absolute atomic E-state index is 10.5. The highest BCUT2D eigenvalue weighted by Crippen LogP contribution is 2.26. The number of aryl methyl sites for hydroxylation is 1. The third-order valence-corrected chi connectivity index (χ3v) is 3.93. The summed E-state index contributed by atoms with van der Waals surface area (Å²) in [7, 11) is -4.38. The lowest BCUT2D eigenvalue weighted by Gasteiger charge is -2.23. The van der Waals surface area contributed by atoms with Gasteiger partial charge in [0, 0.05) is 31.2 Å². The zero-order valence-corrected chi connectivity index (χ0v) is 14.9. The molecule has 2 aromatic rings. The van der Waals surface area contributed by atoms with Gasteiger partial charge in [0.15, 0.2) is 0 Å². The van der Waals surface area contributed by atoms with Crippen molar-refractivity contribution in [2.75, 3.05) is 24.6 Å². The second-order valence-corrected chi connectivity index (χ2v) is 6.36. The van der Waals surface area contributed by atoms with Crippen molar-refractivity contribution < 1.29 is 17.2 Å². The van der Waals surface area contributed by atoms with E-state index in [4.69, 9.17) is 4.55 Å². The van der Waals surface area contributed by atoms with Gasteiger partial charge in [0.2, 0.25) is 5.95 Å². The molecule has 1 aromatic carbocycles. The summed E-state index contributed by atoms with van der Waals surface area (Å²) < 4.78 is 34.0. The Morgan fingerprint density at radius 1 is 1.36 bits per heavy atom. The van der Waals surface area contributed by atoms with Crippen molar-refractivity contribution in [1.82, 2.24) is 9.97 Å². The summed E-state index contributed by atoms with van der Waals surface area (Å²) >= 11 is 0. The van der Waals surface area contributed by atoms with Gasteiger partial charge in [0.05, 0.1) is 12.3 Å². The van der Waals surface area contributed by atoms with Gasteiger partial charge in [-0.2, -0.15) is 8.42 Å². The van der Waals surface area contributed by atoms with E-state index in [1.807, 2.05) is 32.0 Å². The van der Waals surface area contributed by atoms with E-state index in [0.717, 1.165) is 23.5 Å². The maximum Gasteiger partial charge on any atom is 0.397 e. The smallest absolute Gasteiger partial charge is 0.372 e. The van der Waals surface area contributed by atoms with Crippen LogP contribution in [0.15, 0.2) is 40.8 Å². The highest BCUT2D eigenvalue weighted by molar-refractivity contribution is 7.80. The number of anilines is 1. The van der Waals surface area contributed by atoms with Crippen LogP contribution in [0.5, 0.6) is 0 Å². The third kappa shape index (κ3) is 6.25. The molecule has 0 atom stereocenters. The Morgan fingerprint density at radius 3 is 2.76 bits per heavy atom. The molecule has 25 heavy (non-hydrogen) atoms. The predicted octanol–water partition coefficient (Wildman–Crippen LogP) is 3.17. The van der Waals surface area contributed by atoms with Crippen molar-refractivity contribution in [3.63, 3.8) is 0 Å². The van der Waals surface area contributed by atoms with E-state index in [9.17, 15) is 8.42 Å².